The molecule has 0 bridgehead atoms. The Kier molecular flexibility index (Phi) is 6.25. The van der Waals surface area contributed by atoms with Gasteiger partial charge in [0.2, 0.25) is 5.91 Å². The third kappa shape index (κ3) is 5.45. The van der Waals surface area contributed by atoms with Crippen LogP contribution >= 0.6 is 0 Å². The van der Waals surface area contributed by atoms with Crippen molar-refractivity contribution in [2.24, 2.45) is 0 Å². The first-order valence-corrected chi connectivity index (χ1v) is 6.12. The second-order valence-corrected chi connectivity index (χ2v) is 4.04. The highest BCUT2D eigenvalue weighted by Crippen LogP contribution is 2.03. The molecule has 1 heterocycles. The minimum atomic E-state index is 0.0325. The van der Waals surface area contributed by atoms with Gasteiger partial charge in [0.25, 0.3) is 0 Å². The van der Waals surface area contributed by atoms with Crippen molar-refractivity contribution in [3.63, 3.8) is 0 Å². The Labute approximate surface area is 103 Å². The molecule has 0 aliphatic heterocycles. The van der Waals surface area contributed by atoms with Crippen molar-refractivity contribution in [1.29, 1.82) is 0 Å². The van der Waals surface area contributed by atoms with E-state index in [0.717, 1.165) is 30.8 Å². The van der Waals surface area contributed by atoms with Gasteiger partial charge < -0.3 is 10.6 Å². The molecular formula is C13H21N3O. The van der Waals surface area contributed by atoms with Crippen molar-refractivity contribution in [3.05, 3.63) is 29.6 Å². The van der Waals surface area contributed by atoms with Crippen molar-refractivity contribution in [2.75, 3.05) is 19.6 Å². The molecule has 0 radical (unpaired) electrons. The molecule has 0 saturated heterocycles. The van der Waals surface area contributed by atoms with Crippen molar-refractivity contribution in [3.8, 4) is 0 Å². The van der Waals surface area contributed by atoms with Gasteiger partial charge in [0.05, 0.1) is 12.1 Å². The van der Waals surface area contributed by atoms with E-state index in [1.165, 1.54) is 0 Å². The number of pyridine rings is 1. The largest absolute Gasteiger partial charge is 0.354 e. The topological polar surface area (TPSA) is 54.0 Å². The summed E-state index contributed by atoms with van der Waals surface area (Å²) in [6, 6.07) is 3.85. The zero-order valence-electron chi connectivity index (χ0n) is 10.6. The molecule has 1 aromatic rings. The van der Waals surface area contributed by atoms with Crippen LogP contribution < -0.4 is 10.6 Å². The Morgan fingerprint density at radius 1 is 1.35 bits per heavy atom. The first-order chi connectivity index (χ1) is 8.24. The van der Waals surface area contributed by atoms with E-state index in [1.54, 1.807) is 6.20 Å². The number of hydrogen-bond donors (Lipinski definition) is 2. The highest BCUT2D eigenvalue weighted by atomic mass is 16.1. The fourth-order valence-electron chi connectivity index (χ4n) is 1.51. The molecule has 0 aromatic carbocycles. The number of amides is 1. The zero-order valence-corrected chi connectivity index (χ0v) is 10.6. The van der Waals surface area contributed by atoms with Crippen LogP contribution in [-0.4, -0.2) is 30.5 Å². The van der Waals surface area contributed by atoms with Gasteiger partial charge in [-0.2, -0.15) is 0 Å². The first kappa shape index (κ1) is 13.6. The summed E-state index contributed by atoms with van der Waals surface area (Å²) >= 11 is 0. The molecule has 17 heavy (non-hydrogen) atoms. The Morgan fingerprint density at radius 2 is 2.18 bits per heavy atom. The molecular weight excluding hydrogens is 214 g/mol. The lowest BCUT2D eigenvalue weighted by Crippen LogP contribution is -2.33. The summed E-state index contributed by atoms with van der Waals surface area (Å²) in [6.07, 6.45) is 3.19. The summed E-state index contributed by atoms with van der Waals surface area (Å²) in [7, 11) is 0. The van der Waals surface area contributed by atoms with E-state index in [9.17, 15) is 4.79 Å². The van der Waals surface area contributed by atoms with Crippen LogP contribution in [0.1, 0.15) is 24.6 Å². The summed E-state index contributed by atoms with van der Waals surface area (Å²) in [5, 5.41) is 6.11. The van der Waals surface area contributed by atoms with E-state index in [0.29, 0.717) is 13.0 Å². The highest BCUT2D eigenvalue weighted by molar-refractivity contribution is 5.78. The molecule has 0 fully saturated rings. The average molecular weight is 235 g/mol. The summed E-state index contributed by atoms with van der Waals surface area (Å²) in [6.45, 7) is 6.58. The molecule has 0 spiro atoms. The molecule has 4 heteroatoms. The maximum absolute atomic E-state index is 11.6. The molecule has 1 amide bonds. The van der Waals surface area contributed by atoms with E-state index >= 15 is 0 Å². The minimum Gasteiger partial charge on any atom is -0.354 e. The van der Waals surface area contributed by atoms with Crippen molar-refractivity contribution in [2.45, 2.75) is 26.7 Å². The normalized spacial score (nSPS) is 10.2. The van der Waals surface area contributed by atoms with E-state index in [4.69, 9.17) is 0 Å². The summed E-state index contributed by atoms with van der Waals surface area (Å²) in [5.74, 6) is 0.0325. The maximum atomic E-state index is 11.6. The van der Waals surface area contributed by atoms with Gasteiger partial charge >= 0.3 is 0 Å². The van der Waals surface area contributed by atoms with Gasteiger partial charge in [0, 0.05) is 19.3 Å². The third-order valence-corrected chi connectivity index (χ3v) is 2.50. The van der Waals surface area contributed by atoms with Gasteiger partial charge in [-0.25, -0.2) is 0 Å². The Bertz CT molecular complexity index is 352. The van der Waals surface area contributed by atoms with E-state index in [-0.39, 0.29) is 5.91 Å². The lowest BCUT2D eigenvalue weighted by Gasteiger charge is -2.07. The number of nitrogens with zero attached hydrogens (tertiary/aromatic N) is 1. The number of nitrogens with one attached hydrogen (secondary N) is 2. The molecule has 94 valence electrons. The standard InChI is InChI=1S/C13H21N3O/c1-3-6-14-8-9-16-13(17)10-12-11(2)5-4-7-15-12/h4-5,7,14H,3,6,8-10H2,1-2H3,(H,16,17). The van der Waals surface area contributed by atoms with Crippen LogP contribution in [0.2, 0.25) is 0 Å². The molecule has 0 aliphatic rings. The maximum Gasteiger partial charge on any atom is 0.226 e. The Morgan fingerprint density at radius 3 is 2.88 bits per heavy atom. The van der Waals surface area contributed by atoms with Crippen molar-refractivity contribution >= 4 is 5.91 Å². The monoisotopic (exact) mass is 235 g/mol. The van der Waals surface area contributed by atoms with E-state index < -0.39 is 0 Å². The average Bonchev–Trinajstić information content (AvgIpc) is 2.32. The van der Waals surface area contributed by atoms with Crippen molar-refractivity contribution < 1.29 is 4.79 Å². The van der Waals surface area contributed by atoms with Crippen molar-refractivity contribution in [1.82, 2.24) is 15.6 Å². The number of aromatic nitrogens is 1. The number of aryl methyl sites for hydroxylation is 1. The quantitative estimate of drug-likeness (QED) is 0.695. The van der Waals surface area contributed by atoms with Crippen LogP contribution in [-0.2, 0) is 11.2 Å². The molecule has 4 nitrogen and oxygen atoms in total. The SMILES string of the molecule is CCCNCCNC(=O)Cc1ncccc1C. The molecule has 0 saturated carbocycles. The fraction of sp³-hybridized carbons (Fsp3) is 0.538. The molecule has 1 rings (SSSR count). The molecule has 1 aromatic heterocycles. The smallest absolute Gasteiger partial charge is 0.226 e. The summed E-state index contributed by atoms with van der Waals surface area (Å²) in [4.78, 5) is 15.8. The number of carbonyl (C=O) groups excluding carboxylic acids is 1. The number of hydrogen-bond acceptors (Lipinski definition) is 3. The van der Waals surface area contributed by atoms with Gasteiger partial charge in [-0.05, 0) is 31.5 Å². The van der Waals surface area contributed by atoms with Crippen LogP contribution in [0.5, 0.6) is 0 Å². The lowest BCUT2D eigenvalue weighted by molar-refractivity contribution is -0.120. The zero-order chi connectivity index (χ0) is 12.5. The third-order valence-electron chi connectivity index (χ3n) is 2.50. The number of rotatable bonds is 7. The summed E-state index contributed by atoms with van der Waals surface area (Å²) in [5.41, 5.74) is 1.92. The Hall–Kier alpha value is -1.42. The summed E-state index contributed by atoms with van der Waals surface area (Å²) < 4.78 is 0. The van der Waals surface area contributed by atoms with Gasteiger partial charge in [-0.3, -0.25) is 9.78 Å². The second kappa shape index (κ2) is 7.79. The van der Waals surface area contributed by atoms with E-state index in [1.807, 2.05) is 19.1 Å². The Balaban J connectivity index is 2.23. The van der Waals surface area contributed by atoms with Gasteiger partial charge in [0.1, 0.15) is 0 Å². The lowest BCUT2D eigenvalue weighted by atomic mass is 10.1. The van der Waals surface area contributed by atoms with Gasteiger partial charge in [-0.1, -0.05) is 13.0 Å². The first-order valence-electron chi connectivity index (χ1n) is 6.12. The van der Waals surface area contributed by atoms with E-state index in [2.05, 4.69) is 22.5 Å². The molecule has 0 aliphatic carbocycles. The van der Waals surface area contributed by atoms with Crippen LogP contribution in [0.3, 0.4) is 0 Å². The van der Waals surface area contributed by atoms with Crippen LogP contribution in [0.25, 0.3) is 0 Å². The van der Waals surface area contributed by atoms with Crippen LogP contribution in [0.4, 0.5) is 0 Å². The van der Waals surface area contributed by atoms with Gasteiger partial charge in [-0.15, -0.1) is 0 Å². The molecule has 0 unspecified atom stereocenters. The highest BCUT2D eigenvalue weighted by Gasteiger charge is 2.05. The molecule has 0 atom stereocenters. The molecule has 2 N–H and O–H groups in total. The second-order valence-electron chi connectivity index (χ2n) is 4.04. The predicted octanol–water partition coefficient (Wildman–Crippen LogP) is 1.05. The fourth-order valence-corrected chi connectivity index (χ4v) is 1.51. The predicted molar refractivity (Wildman–Crippen MR) is 68.8 cm³/mol. The minimum absolute atomic E-state index is 0.0325. The van der Waals surface area contributed by atoms with Crippen LogP contribution in [0, 0.1) is 6.92 Å². The van der Waals surface area contributed by atoms with Crippen LogP contribution in [0.15, 0.2) is 18.3 Å². The van der Waals surface area contributed by atoms with Gasteiger partial charge in [0.15, 0.2) is 0 Å². The number of carbonyl (C=O) groups is 1.